The lowest BCUT2D eigenvalue weighted by molar-refractivity contribution is 0.0873. The number of aromatic nitrogens is 1. The molecule has 0 saturated carbocycles. The monoisotopic (exact) mass is 196 g/mol. The van der Waals surface area contributed by atoms with E-state index in [9.17, 15) is 0 Å². The van der Waals surface area contributed by atoms with Gasteiger partial charge in [-0.2, -0.15) is 0 Å². The normalized spacial score (nSPS) is 11.2. The summed E-state index contributed by atoms with van der Waals surface area (Å²) in [6.45, 7) is 0.643. The van der Waals surface area contributed by atoms with Crippen molar-refractivity contribution in [1.29, 1.82) is 0 Å². The minimum Gasteiger partial charge on any atom is -0.395 e. The van der Waals surface area contributed by atoms with E-state index in [1.165, 1.54) is 0 Å². The Kier molecular flexibility index (Phi) is 4.52. The fraction of sp³-hybridized carbons (Fsp3) is 0.500. The molecule has 0 saturated heterocycles. The number of hydrogen-bond donors (Lipinski definition) is 2. The highest BCUT2D eigenvalue weighted by Gasteiger charge is 2.12. The van der Waals surface area contributed by atoms with Crippen LogP contribution >= 0.6 is 0 Å². The van der Waals surface area contributed by atoms with Gasteiger partial charge >= 0.3 is 0 Å². The molecule has 0 aromatic carbocycles. The van der Waals surface area contributed by atoms with Gasteiger partial charge in [-0.05, 0) is 24.7 Å². The minimum atomic E-state index is -0.192. The summed E-state index contributed by atoms with van der Waals surface area (Å²) in [5.74, 6) is 0. The molecule has 0 atom stereocenters. The van der Waals surface area contributed by atoms with Gasteiger partial charge in [0.05, 0.1) is 19.3 Å². The van der Waals surface area contributed by atoms with E-state index < -0.39 is 0 Å². The number of pyridine rings is 1. The van der Waals surface area contributed by atoms with Crippen molar-refractivity contribution in [3.8, 4) is 0 Å². The van der Waals surface area contributed by atoms with Gasteiger partial charge in [0.1, 0.15) is 0 Å². The maximum Gasteiger partial charge on any atom is 0.0609 e. The topological polar surface area (TPSA) is 56.6 Å². The van der Waals surface area contributed by atoms with Crippen LogP contribution in [0.4, 0.5) is 0 Å². The second-order valence-electron chi connectivity index (χ2n) is 3.29. The first kappa shape index (κ1) is 11.1. The predicted octanol–water partition coefficient (Wildman–Crippen LogP) is -0.133. The summed E-state index contributed by atoms with van der Waals surface area (Å²) in [4.78, 5) is 5.83. The van der Waals surface area contributed by atoms with Gasteiger partial charge in [-0.1, -0.05) is 0 Å². The maximum atomic E-state index is 8.96. The second-order valence-corrected chi connectivity index (χ2v) is 3.29. The van der Waals surface area contributed by atoms with Gasteiger partial charge in [0.25, 0.3) is 0 Å². The lowest BCUT2D eigenvalue weighted by Crippen LogP contribution is -2.37. The number of aliphatic hydroxyl groups is 2. The SMILES string of the molecule is CN(Cc1ccncc1)C(CO)CO. The van der Waals surface area contributed by atoms with Crippen molar-refractivity contribution in [3.05, 3.63) is 30.1 Å². The lowest BCUT2D eigenvalue weighted by Gasteiger charge is -2.24. The van der Waals surface area contributed by atoms with Crippen LogP contribution in [0.1, 0.15) is 5.56 Å². The van der Waals surface area contributed by atoms with E-state index in [1.54, 1.807) is 12.4 Å². The van der Waals surface area contributed by atoms with Crippen molar-refractivity contribution >= 4 is 0 Å². The van der Waals surface area contributed by atoms with Gasteiger partial charge < -0.3 is 10.2 Å². The fourth-order valence-corrected chi connectivity index (χ4v) is 1.24. The summed E-state index contributed by atoms with van der Waals surface area (Å²) in [6, 6.07) is 3.65. The average molecular weight is 196 g/mol. The number of aliphatic hydroxyl groups excluding tert-OH is 2. The summed E-state index contributed by atoms with van der Waals surface area (Å²) in [5.41, 5.74) is 1.12. The van der Waals surface area contributed by atoms with E-state index in [1.807, 2.05) is 24.1 Å². The zero-order valence-corrected chi connectivity index (χ0v) is 8.30. The summed E-state index contributed by atoms with van der Waals surface area (Å²) >= 11 is 0. The highest BCUT2D eigenvalue weighted by Crippen LogP contribution is 2.04. The number of nitrogens with zero attached hydrogens (tertiary/aromatic N) is 2. The van der Waals surface area contributed by atoms with E-state index in [0.29, 0.717) is 6.54 Å². The van der Waals surface area contributed by atoms with Gasteiger partial charge in [0, 0.05) is 18.9 Å². The van der Waals surface area contributed by atoms with Crippen LogP contribution in [0.3, 0.4) is 0 Å². The second kappa shape index (κ2) is 5.70. The van der Waals surface area contributed by atoms with Crippen LogP contribution in [-0.2, 0) is 6.54 Å². The smallest absolute Gasteiger partial charge is 0.0609 e. The van der Waals surface area contributed by atoms with Gasteiger partial charge in [0.2, 0.25) is 0 Å². The van der Waals surface area contributed by atoms with Crippen molar-refractivity contribution in [2.45, 2.75) is 12.6 Å². The molecule has 0 bridgehead atoms. The van der Waals surface area contributed by atoms with Crippen LogP contribution in [0, 0.1) is 0 Å². The highest BCUT2D eigenvalue weighted by atomic mass is 16.3. The lowest BCUT2D eigenvalue weighted by atomic mass is 10.2. The molecule has 0 spiro atoms. The molecular formula is C10H16N2O2. The Morgan fingerprint density at radius 2 is 1.86 bits per heavy atom. The molecule has 0 aliphatic rings. The Balaban J connectivity index is 2.52. The van der Waals surface area contributed by atoms with Crippen LogP contribution in [0.15, 0.2) is 24.5 Å². The van der Waals surface area contributed by atoms with E-state index in [4.69, 9.17) is 10.2 Å². The van der Waals surface area contributed by atoms with Crippen LogP contribution in [0.5, 0.6) is 0 Å². The molecule has 1 rings (SSSR count). The molecule has 0 aliphatic carbocycles. The van der Waals surface area contributed by atoms with E-state index in [-0.39, 0.29) is 19.3 Å². The Hall–Kier alpha value is -0.970. The third-order valence-electron chi connectivity index (χ3n) is 2.23. The molecule has 78 valence electrons. The Morgan fingerprint density at radius 3 is 2.36 bits per heavy atom. The molecule has 0 radical (unpaired) electrons. The van der Waals surface area contributed by atoms with Crippen molar-refractivity contribution in [2.24, 2.45) is 0 Å². The first-order valence-electron chi connectivity index (χ1n) is 4.58. The van der Waals surface area contributed by atoms with Crippen molar-refractivity contribution in [3.63, 3.8) is 0 Å². The number of rotatable bonds is 5. The Morgan fingerprint density at radius 1 is 1.29 bits per heavy atom. The summed E-state index contributed by atoms with van der Waals surface area (Å²) in [6.07, 6.45) is 3.46. The third-order valence-corrected chi connectivity index (χ3v) is 2.23. The molecule has 4 nitrogen and oxygen atoms in total. The maximum absolute atomic E-state index is 8.96. The first-order valence-corrected chi connectivity index (χ1v) is 4.58. The zero-order valence-electron chi connectivity index (χ0n) is 8.30. The first-order chi connectivity index (χ1) is 6.77. The minimum absolute atomic E-state index is 0.0297. The molecule has 0 amide bonds. The molecule has 0 fully saturated rings. The summed E-state index contributed by atoms with van der Waals surface area (Å²) in [7, 11) is 1.87. The molecule has 14 heavy (non-hydrogen) atoms. The third kappa shape index (κ3) is 3.06. The average Bonchev–Trinajstić information content (AvgIpc) is 2.21. The fourth-order valence-electron chi connectivity index (χ4n) is 1.24. The summed E-state index contributed by atoms with van der Waals surface area (Å²) in [5, 5.41) is 17.9. The molecule has 0 aliphatic heterocycles. The molecule has 4 heteroatoms. The van der Waals surface area contributed by atoms with Crippen molar-refractivity contribution < 1.29 is 10.2 Å². The quantitative estimate of drug-likeness (QED) is 0.688. The standard InChI is InChI=1S/C10H16N2O2/c1-12(10(7-13)8-14)6-9-2-4-11-5-3-9/h2-5,10,13-14H,6-8H2,1H3. The van der Waals surface area contributed by atoms with E-state index >= 15 is 0 Å². The largest absolute Gasteiger partial charge is 0.395 e. The van der Waals surface area contributed by atoms with Gasteiger partial charge in [-0.3, -0.25) is 9.88 Å². The zero-order chi connectivity index (χ0) is 10.4. The molecule has 1 heterocycles. The number of hydrogen-bond acceptors (Lipinski definition) is 4. The Bertz CT molecular complexity index is 250. The van der Waals surface area contributed by atoms with Gasteiger partial charge in [-0.25, -0.2) is 0 Å². The van der Waals surface area contributed by atoms with Crippen molar-refractivity contribution in [2.75, 3.05) is 20.3 Å². The van der Waals surface area contributed by atoms with Gasteiger partial charge in [0.15, 0.2) is 0 Å². The molecule has 2 N–H and O–H groups in total. The summed E-state index contributed by atoms with van der Waals surface area (Å²) < 4.78 is 0. The molecular weight excluding hydrogens is 180 g/mol. The number of likely N-dealkylation sites (N-methyl/N-ethyl adjacent to an activating group) is 1. The van der Waals surface area contributed by atoms with Crippen LogP contribution in [-0.4, -0.2) is 46.4 Å². The van der Waals surface area contributed by atoms with Gasteiger partial charge in [-0.15, -0.1) is 0 Å². The predicted molar refractivity (Wildman–Crippen MR) is 53.7 cm³/mol. The van der Waals surface area contributed by atoms with Crippen LogP contribution in [0.25, 0.3) is 0 Å². The molecule has 0 unspecified atom stereocenters. The highest BCUT2D eigenvalue weighted by molar-refractivity contribution is 5.09. The Labute approximate surface area is 83.8 Å². The molecule has 1 aromatic rings. The van der Waals surface area contributed by atoms with Crippen LogP contribution in [0.2, 0.25) is 0 Å². The van der Waals surface area contributed by atoms with Crippen LogP contribution < -0.4 is 0 Å². The molecule has 1 aromatic heterocycles. The van der Waals surface area contributed by atoms with E-state index in [2.05, 4.69) is 4.98 Å². The van der Waals surface area contributed by atoms with E-state index in [0.717, 1.165) is 5.56 Å². The van der Waals surface area contributed by atoms with Crippen molar-refractivity contribution in [1.82, 2.24) is 9.88 Å².